The van der Waals surface area contributed by atoms with Crippen LogP contribution in [0.25, 0.3) is 6.08 Å². The normalized spacial score (nSPS) is 13.7. The standard InChI is InChI=1S/C19H14BrClFNO4/c1-10(18(24)23-16-4-2-13(20)8-15(16)22)27-19(25)12-6-11-7-14(21)3-5-17(11)26-9-12/h2-8,10H,9H2,1H3,(H,23,24). The minimum atomic E-state index is -1.12. The molecule has 3 rings (SSSR count). The molecule has 0 spiro atoms. The van der Waals surface area contributed by atoms with Crippen molar-refractivity contribution in [2.75, 3.05) is 11.9 Å². The quantitative estimate of drug-likeness (QED) is 0.687. The lowest BCUT2D eigenvalue weighted by atomic mass is 10.1. The fourth-order valence-corrected chi connectivity index (χ4v) is 2.89. The van der Waals surface area contributed by atoms with Gasteiger partial charge in [-0.05, 0) is 49.4 Å². The number of amides is 1. The number of anilines is 1. The van der Waals surface area contributed by atoms with E-state index in [0.717, 1.165) is 0 Å². The van der Waals surface area contributed by atoms with Gasteiger partial charge in [0, 0.05) is 15.1 Å². The summed E-state index contributed by atoms with van der Waals surface area (Å²) in [4.78, 5) is 24.5. The Morgan fingerprint density at radius 3 is 2.81 bits per heavy atom. The predicted octanol–water partition coefficient (Wildman–Crippen LogP) is 4.59. The van der Waals surface area contributed by atoms with Gasteiger partial charge in [-0.1, -0.05) is 27.5 Å². The SMILES string of the molecule is CC(OC(=O)C1=Cc2cc(Cl)ccc2OC1)C(=O)Nc1ccc(Br)cc1F. The van der Waals surface area contributed by atoms with E-state index in [-0.39, 0.29) is 17.9 Å². The molecule has 140 valence electrons. The smallest absolute Gasteiger partial charge is 0.338 e. The molecule has 1 aliphatic heterocycles. The van der Waals surface area contributed by atoms with Gasteiger partial charge in [0.15, 0.2) is 6.10 Å². The van der Waals surface area contributed by atoms with E-state index in [1.54, 1.807) is 30.3 Å². The van der Waals surface area contributed by atoms with Gasteiger partial charge in [0.1, 0.15) is 18.2 Å². The summed E-state index contributed by atoms with van der Waals surface area (Å²) in [5.41, 5.74) is 0.892. The molecule has 0 aromatic heterocycles. The molecule has 27 heavy (non-hydrogen) atoms. The van der Waals surface area contributed by atoms with Crippen LogP contribution in [0.3, 0.4) is 0 Å². The molecule has 1 heterocycles. The Hall–Kier alpha value is -2.38. The number of carbonyl (C=O) groups is 2. The van der Waals surface area contributed by atoms with Crippen LogP contribution in [-0.2, 0) is 14.3 Å². The van der Waals surface area contributed by atoms with Crippen molar-refractivity contribution >= 4 is 51.2 Å². The Morgan fingerprint density at radius 2 is 2.07 bits per heavy atom. The van der Waals surface area contributed by atoms with Gasteiger partial charge in [-0.3, -0.25) is 4.79 Å². The first-order chi connectivity index (χ1) is 12.8. The Bertz CT molecular complexity index is 947. The second-order valence-electron chi connectivity index (χ2n) is 5.80. The van der Waals surface area contributed by atoms with Crippen LogP contribution in [0.1, 0.15) is 12.5 Å². The summed E-state index contributed by atoms with van der Waals surface area (Å²) < 4.78 is 25.0. The summed E-state index contributed by atoms with van der Waals surface area (Å²) in [5.74, 6) is -1.34. The van der Waals surface area contributed by atoms with E-state index in [9.17, 15) is 14.0 Å². The van der Waals surface area contributed by atoms with E-state index < -0.39 is 23.8 Å². The van der Waals surface area contributed by atoms with Crippen LogP contribution in [0, 0.1) is 5.82 Å². The maximum atomic E-state index is 13.8. The fourth-order valence-electron chi connectivity index (χ4n) is 2.38. The highest BCUT2D eigenvalue weighted by Crippen LogP contribution is 2.29. The van der Waals surface area contributed by atoms with Crippen molar-refractivity contribution in [3.63, 3.8) is 0 Å². The summed E-state index contributed by atoms with van der Waals surface area (Å²) in [6.45, 7) is 1.42. The average molecular weight is 455 g/mol. The first-order valence-corrected chi connectivity index (χ1v) is 9.10. The van der Waals surface area contributed by atoms with E-state index in [1.165, 1.54) is 19.1 Å². The highest BCUT2D eigenvalue weighted by molar-refractivity contribution is 9.10. The van der Waals surface area contributed by atoms with E-state index in [1.807, 2.05) is 0 Å². The zero-order valence-corrected chi connectivity index (χ0v) is 16.4. The topological polar surface area (TPSA) is 64.6 Å². The average Bonchev–Trinajstić information content (AvgIpc) is 2.63. The van der Waals surface area contributed by atoms with Crippen LogP contribution in [-0.4, -0.2) is 24.6 Å². The zero-order valence-electron chi connectivity index (χ0n) is 14.1. The number of benzene rings is 2. The zero-order chi connectivity index (χ0) is 19.6. The summed E-state index contributed by atoms with van der Waals surface area (Å²) in [6.07, 6.45) is 0.480. The number of halogens is 3. The monoisotopic (exact) mass is 453 g/mol. The van der Waals surface area contributed by atoms with E-state index in [0.29, 0.717) is 20.8 Å². The largest absolute Gasteiger partial charge is 0.488 e. The van der Waals surface area contributed by atoms with Crippen LogP contribution in [0.2, 0.25) is 5.02 Å². The van der Waals surface area contributed by atoms with E-state index in [4.69, 9.17) is 21.1 Å². The molecule has 2 aromatic rings. The van der Waals surface area contributed by atoms with E-state index >= 15 is 0 Å². The molecule has 0 aliphatic carbocycles. The molecule has 0 fully saturated rings. The molecule has 1 aliphatic rings. The number of esters is 1. The van der Waals surface area contributed by atoms with Crippen LogP contribution in [0.5, 0.6) is 5.75 Å². The van der Waals surface area contributed by atoms with Gasteiger partial charge in [-0.25, -0.2) is 9.18 Å². The van der Waals surface area contributed by atoms with Crippen molar-refractivity contribution in [3.8, 4) is 5.75 Å². The molecule has 0 radical (unpaired) electrons. The first kappa shape index (κ1) is 19.4. The summed E-state index contributed by atoms with van der Waals surface area (Å²) in [5, 5.41) is 2.90. The number of hydrogen-bond acceptors (Lipinski definition) is 4. The molecule has 5 nitrogen and oxygen atoms in total. The Morgan fingerprint density at radius 1 is 1.30 bits per heavy atom. The van der Waals surface area contributed by atoms with Gasteiger partial charge in [-0.2, -0.15) is 0 Å². The van der Waals surface area contributed by atoms with Crippen molar-refractivity contribution in [3.05, 3.63) is 62.8 Å². The first-order valence-electron chi connectivity index (χ1n) is 7.93. The second-order valence-corrected chi connectivity index (χ2v) is 7.15. The molecular formula is C19H14BrClFNO4. The van der Waals surface area contributed by atoms with Crippen molar-refractivity contribution in [1.29, 1.82) is 0 Å². The van der Waals surface area contributed by atoms with Crippen LogP contribution >= 0.6 is 27.5 Å². The van der Waals surface area contributed by atoms with Gasteiger partial charge in [0.05, 0.1) is 11.3 Å². The molecule has 0 bridgehead atoms. The van der Waals surface area contributed by atoms with Crippen LogP contribution in [0.4, 0.5) is 10.1 Å². The maximum Gasteiger partial charge on any atom is 0.338 e. The third-order valence-corrected chi connectivity index (χ3v) is 4.52. The van der Waals surface area contributed by atoms with E-state index in [2.05, 4.69) is 21.2 Å². The number of rotatable bonds is 4. The Labute approximate surface area is 168 Å². The third-order valence-electron chi connectivity index (χ3n) is 3.79. The summed E-state index contributed by atoms with van der Waals surface area (Å²) in [7, 11) is 0. The summed E-state index contributed by atoms with van der Waals surface area (Å²) >= 11 is 9.08. The van der Waals surface area contributed by atoms with Crippen molar-refractivity contribution in [2.45, 2.75) is 13.0 Å². The molecule has 0 saturated heterocycles. The molecule has 1 atom stereocenters. The van der Waals surface area contributed by atoms with Gasteiger partial charge < -0.3 is 14.8 Å². The van der Waals surface area contributed by atoms with Crippen LogP contribution < -0.4 is 10.1 Å². The number of hydrogen-bond donors (Lipinski definition) is 1. The maximum absolute atomic E-state index is 13.8. The minimum Gasteiger partial charge on any atom is -0.488 e. The van der Waals surface area contributed by atoms with Crippen molar-refractivity contribution < 1.29 is 23.5 Å². The predicted molar refractivity (Wildman–Crippen MR) is 103 cm³/mol. The highest BCUT2D eigenvalue weighted by atomic mass is 79.9. The molecule has 1 unspecified atom stereocenters. The number of carbonyl (C=O) groups excluding carboxylic acids is 2. The second kappa shape index (κ2) is 8.10. The molecule has 0 saturated carbocycles. The summed E-state index contributed by atoms with van der Waals surface area (Å²) in [6, 6.07) is 9.27. The molecule has 1 N–H and O–H groups in total. The van der Waals surface area contributed by atoms with Gasteiger partial charge in [0.25, 0.3) is 5.91 Å². The minimum absolute atomic E-state index is 0.00474. The molecular weight excluding hydrogens is 441 g/mol. The lowest BCUT2D eigenvalue weighted by Gasteiger charge is -2.19. The fraction of sp³-hybridized carbons (Fsp3) is 0.158. The Balaban J connectivity index is 1.66. The molecule has 2 aromatic carbocycles. The van der Waals surface area contributed by atoms with Crippen molar-refractivity contribution in [2.24, 2.45) is 0 Å². The van der Waals surface area contributed by atoms with Crippen LogP contribution in [0.15, 0.2) is 46.4 Å². The Kier molecular flexibility index (Phi) is 5.82. The van der Waals surface area contributed by atoms with Gasteiger partial charge >= 0.3 is 5.97 Å². The number of ether oxygens (including phenoxy) is 2. The van der Waals surface area contributed by atoms with Crippen molar-refractivity contribution in [1.82, 2.24) is 0 Å². The number of nitrogens with one attached hydrogen (secondary N) is 1. The highest BCUT2D eigenvalue weighted by Gasteiger charge is 2.24. The molecule has 1 amide bonds. The lowest BCUT2D eigenvalue weighted by Crippen LogP contribution is -2.31. The van der Waals surface area contributed by atoms with Gasteiger partial charge in [-0.15, -0.1) is 0 Å². The number of fused-ring (bicyclic) bond motifs is 1. The molecule has 8 heteroatoms. The van der Waals surface area contributed by atoms with Gasteiger partial charge in [0.2, 0.25) is 0 Å². The lowest BCUT2D eigenvalue weighted by molar-refractivity contribution is -0.149. The third kappa shape index (κ3) is 4.67.